The molecule has 104 valence electrons. The summed E-state index contributed by atoms with van der Waals surface area (Å²) in [4.78, 5) is 16.0. The zero-order valence-electron chi connectivity index (χ0n) is 11.5. The summed E-state index contributed by atoms with van der Waals surface area (Å²) in [6.45, 7) is 9.95. The van der Waals surface area contributed by atoms with Gasteiger partial charge in [-0.1, -0.05) is 28.1 Å². The van der Waals surface area contributed by atoms with Gasteiger partial charge in [0.15, 0.2) is 0 Å². The standard InChI is InChI=1S/C13H23BrN2O2/c1-13(2,3)18-12(17)16-10-8-15(9-11-16)7-5-4-6-14/h4-5H,6-11H2,1-3H3/b5-4+. The molecule has 1 aliphatic heterocycles. The number of nitrogens with zero attached hydrogens (tertiary/aromatic N) is 2. The van der Waals surface area contributed by atoms with E-state index in [0.29, 0.717) is 0 Å². The van der Waals surface area contributed by atoms with Crippen LogP contribution >= 0.6 is 15.9 Å². The number of hydrogen-bond donors (Lipinski definition) is 0. The molecule has 0 radical (unpaired) electrons. The van der Waals surface area contributed by atoms with E-state index in [1.165, 1.54) is 0 Å². The molecule has 1 aliphatic rings. The monoisotopic (exact) mass is 318 g/mol. The highest BCUT2D eigenvalue weighted by molar-refractivity contribution is 9.09. The maximum Gasteiger partial charge on any atom is 0.410 e. The van der Waals surface area contributed by atoms with Crippen LogP contribution in [0.1, 0.15) is 20.8 Å². The molecular formula is C13H23BrN2O2. The SMILES string of the molecule is CC(C)(C)OC(=O)N1CCN(C/C=C/CBr)CC1. The molecule has 0 aromatic carbocycles. The predicted molar refractivity (Wildman–Crippen MR) is 77.2 cm³/mol. The smallest absolute Gasteiger partial charge is 0.410 e. The Morgan fingerprint density at radius 2 is 1.83 bits per heavy atom. The fraction of sp³-hybridized carbons (Fsp3) is 0.769. The molecule has 0 saturated carbocycles. The number of ether oxygens (including phenoxy) is 1. The summed E-state index contributed by atoms with van der Waals surface area (Å²) in [5.74, 6) is 0. The Balaban J connectivity index is 2.30. The summed E-state index contributed by atoms with van der Waals surface area (Å²) in [6, 6.07) is 0. The first-order chi connectivity index (χ1) is 8.42. The lowest BCUT2D eigenvalue weighted by Gasteiger charge is -2.35. The van der Waals surface area contributed by atoms with Crippen molar-refractivity contribution in [3.8, 4) is 0 Å². The van der Waals surface area contributed by atoms with Crippen LogP contribution in [0.15, 0.2) is 12.2 Å². The summed E-state index contributed by atoms with van der Waals surface area (Å²) >= 11 is 3.36. The van der Waals surface area contributed by atoms with Gasteiger partial charge < -0.3 is 9.64 Å². The normalized spacial score (nSPS) is 18.3. The van der Waals surface area contributed by atoms with E-state index in [1.807, 2.05) is 20.8 Å². The van der Waals surface area contributed by atoms with Crippen molar-refractivity contribution >= 4 is 22.0 Å². The van der Waals surface area contributed by atoms with Crippen LogP contribution < -0.4 is 0 Å². The highest BCUT2D eigenvalue weighted by Gasteiger charge is 2.25. The highest BCUT2D eigenvalue weighted by atomic mass is 79.9. The van der Waals surface area contributed by atoms with Crippen LogP contribution in [0.4, 0.5) is 4.79 Å². The molecule has 1 heterocycles. The van der Waals surface area contributed by atoms with Gasteiger partial charge >= 0.3 is 6.09 Å². The largest absolute Gasteiger partial charge is 0.444 e. The molecule has 1 saturated heterocycles. The molecule has 0 unspecified atom stereocenters. The number of allylic oxidation sites excluding steroid dienone is 1. The summed E-state index contributed by atoms with van der Waals surface area (Å²) in [5.41, 5.74) is -0.410. The highest BCUT2D eigenvalue weighted by Crippen LogP contribution is 2.11. The zero-order chi connectivity index (χ0) is 13.6. The van der Waals surface area contributed by atoms with Gasteiger partial charge in [-0.25, -0.2) is 4.79 Å². The minimum Gasteiger partial charge on any atom is -0.444 e. The van der Waals surface area contributed by atoms with Crippen LogP contribution in [-0.2, 0) is 4.74 Å². The van der Waals surface area contributed by atoms with Crippen LogP contribution in [-0.4, -0.2) is 59.5 Å². The second-order valence-corrected chi connectivity index (χ2v) is 6.04. The molecule has 0 bridgehead atoms. The van der Waals surface area contributed by atoms with Crippen molar-refractivity contribution in [2.45, 2.75) is 26.4 Å². The number of halogens is 1. The van der Waals surface area contributed by atoms with Crippen LogP contribution in [0.5, 0.6) is 0 Å². The summed E-state index contributed by atoms with van der Waals surface area (Å²) < 4.78 is 5.36. The van der Waals surface area contributed by atoms with Crippen molar-refractivity contribution in [1.82, 2.24) is 9.80 Å². The van der Waals surface area contributed by atoms with Gasteiger partial charge in [-0.2, -0.15) is 0 Å². The van der Waals surface area contributed by atoms with E-state index in [-0.39, 0.29) is 6.09 Å². The van der Waals surface area contributed by atoms with Gasteiger partial charge in [-0.3, -0.25) is 4.90 Å². The van der Waals surface area contributed by atoms with E-state index in [9.17, 15) is 4.79 Å². The fourth-order valence-corrected chi connectivity index (χ4v) is 1.99. The van der Waals surface area contributed by atoms with E-state index in [1.54, 1.807) is 4.90 Å². The van der Waals surface area contributed by atoms with E-state index in [4.69, 9.17) is 4.74 Å². The molecule has 0 atom stereocenters. The van der Waals surface area contributed by atoms with Crippen molar-refractivity contribution in [3.63, 3.8) is 0 Å². The number of piperazine rings is 1. The van der Waals surface area contributed by atoms with E-state index < -0.39 is 5.60 Å². The van der Waals surface area contributed by atoms with Crippen molar-refractivity contribution in [3.05, 3.63) is 12.2 Å². The molecule has 1 amide bonds. The molecule has 5 heteroatoms. The molecule has 1 fully saturated rings. The number of amides is 1. The molecule has 0 aliphatic carbocycles. The number of alkyl halides is 1. The summed E-state index contributed by atoms with van der Waals surface area (Å²) in [5, 5.41) is 0.894. The van der Waals surface area contributed by atoms with Gasteiger partial charge in [0.05, 0.1) is 0 Å². The lowest BCUT2D eigenvalue weighted by Crippen LogP contribution is -2.49. The van der Waals surface area contributed by atoms with E-state index in [0.717, 1.165) is 38.1 Å². The Hall–Kier alpha value is -0.550. The predicted octanol–water partition coefficient (Wildman–Crippen LogP) is 2.49. The maximum absolute atomic E-state index is 11.8. The number of carbonyl (C=O) groups excluding carboxylic acids is 1. The Labute approximate surface area is 118 Å². The number of hydrogen-bond acceptors (Lipinski definition) is 3. The van der Waals surface area contributed by atoms with Crippen molar-refractivity contribution in [2.24, 2.45) is 0 Å². The zero-order valence-corrected chi connectivity index (χ0v) is 13.1. The second-order valence-electron chi connectivity index (χ2n) is 5.39. The molecule has 4 nitrogen and oxygen atoms in total. The lowest BCUT2D eigenvalue weighted by atomic mass is 10.2. The maximum atomic E-state index is 11.8. The van der Waals surface area contributed by atoms with Gasteiger partial charge in [0.2, 0.25) is 0 Å². The van der Waals surface area contributed by atoms with Gasteiger partial charge in [-0.05, 0) is 20.8 Å². The Morgan fingerprint density at radius 3 is 2.33 bits per heavy atom. The van der Waals surface area contributed by atoms with Gasteiger partial charge in [0, 0.05) is 38.1 Å². The minimum absolute atomic E-state index is 0.196. The van der Waals surface area contributed by atoms with E-state index in [2.05, 4.69) is 33.0 Å². The van der Waals surface area contributed by atoms with Crippen molar-refractivity contribution < 1.29 is 9.53 Å². The molecule has 0 spiro atoms. The summed E-state index contributed by atoms with van der Waals surface area (Å²) in [7, 11) is 0. The lowest BCUT2D eigenvalue weighted by molar-refractivity contribution is 0.0154. The Morgan fingerprint density at radius 1 is 1.22 bits per heavy atom. The first-order valence-electron chi connectivity index (χ1n) is 6.33. The quantitative estimate of drug-likeness (QED) is 0.592. The molecular weight excluding hydrogens is 296 g/mol. The van der Waals surface area contributed by atoms with Crippen molar-refractivity contribution in [1.29, 1.82) is 0 Å². The minimum atomic E-state index is -0.410. The topological polar surface area (TPSA) is 32.8 Å². The average molecular weight is 319 g/mol. The van der Waals surface area contributed by atoms with Crippen molar-refractivity contribution in [2.75, 3.05) is 38.1 Å². The van der Waals surface area contributed by atoms with E-state index >= 15 is 0 Å². The average Bonchev–Trinajstić information content (AvgIpc) is 2.28. The molecule has 1 rings (SSSR count). The number of rotatable bonds is 3. The second kappa shape index (κ2) is 7.14. The Bertz CT molecular complexity index is 292. The first kappa shape index (κ1) is 15.5. The third kappa shape index (κ3) is 5.87. The molecule has 0 aromatic heterocycles. The first-order valence-corrected chi connectivity index (χ1v) is 7.46. The number of carbonyl (C=O) groups is 1. The van der Waals surface area contributed by atoms with Crippen LogP contribution in [0.3, 0.4) is 0 Å². The van der Waals surface area contributed by atoms with Crippen LogP contribution in [0.25, 0.3) is 0 Å². The summed E-state index contributed by atoms with van der Waals surface area (Å²) in [6.07, 6.45) is 4.05. The third-order valence-electron chi connectivity index (χ3n) is 2.64. The molecule has 18 heavy (non-hydrogen) atoms. The van der Waals surface area contributed by atoms with Gasteiger partial charge in [0.1, 0.15) is 5.60 Å². The third-order valence-corrected chi connectivity index (χ3v) is 3.02. The van der Waals surface area contributed by atoms with Crippen LogP contribution in [0.2, 0.25) is 0 Å². The van der Waals surface area contributed by atoms with Gasteiger partial charge in [0.25, 0.3) is 0 Å². The Kier molecular flexibility index (Phi) is 6.15. The molecule has 0 aromatic rings. The van der Waals surface area contributed by atoms with Crippen LogP contribution in [0, 0.1) is 0 Å². The molecule has 0 N–H and O–H groups in total. The fourth-order valence-electron chi connectivity index (χ4n) is 1.73. The van der Waals surface area contributed by atoms with Gasteiger partial charge in [-0.15, -0.1) is 0 Å².